The molecule has 1 aliphatic rings. The van der Waals surface area contributed by atoms with Gasteiger partial charge in [-0.25, -0.2) is 26.9 Å². The molecule has 1 aliphatic heterocycles. The Morgan fingerprint density at radius 3 is 2.48 bits per heavy atom. The van der Waals surface area contributed by atoms with Gasteiger partial charge in [0.25, 0.3) is 0 Å². The Labute approximate surface area is 238 Å². The van der Waals surface area contributed by atoms with Crippen LogP contribution < -0.4 is 4.90 Å². The molecule has 1 saturated heterocycles. The lowest BCUT2D eigenvalue weighted by molar-refractivity contribution is -0.140. The number of fused-ring (bicyclic) bond motifs is 1. The van der Waals surface area contributed by atoms with Crippen LogP contribution in [0.5, 0.6) is 5.75 Å². The zero-order valence-corrected chi connectivity index (χ0v) is 23.6. The normalized spacial score (nSPS) is 18.5. The number of hydrogen-bond donors (Lipinski definition) is 1. The SMILES string of the molecule is CN(c1ncc2c(-c3cc(C(F)(F)F)c(F)c(O)c3F)nn(C)c2n1)C1(Cc2ccccc2)CCCN(S(C)(=O)=O)C1. The maximum Gasteiger partial charge on any atom is 0.419 e. The van der Waals surface area contributed by atoms with Gasteiger partial charge in [-0.15, -0.1) is 0 Å². The Balaban J connectivity index is 1.61. The van der Waals surface area contributed by atoms with Crippen LogP contribution in [-0.4, -0.2) is 69.5 Å². The first-order valence-electron chi connectivity index (χ1n) is 12.8. The summed E-state index contributed by atoms with van der Waals surface area (Å²) in [6.07, 6.45) is -1.12. The Kier molecular flexibility index (Phi) is 7.38. The molecule has 0 aliphatic carbocycles. The first-order chi connectivity index (χ1) is 19.6. The van der Waals surface area contributed by atoms with Crippen molar-refractivity contribution >= 4 is 27.0 Å². The second-order valence-electron chi connectivity index (χ2n) is 10.5. The molecule has 1 atom stereocenters. The van der Waals surface area contributed by atoms with E-state index in [0.29, 0.717) is 25.8 Å². The smallest absolute Gasteiger partial charge is 0.419 e. The van der Waals surface area contributed by atoms with E-state index in [4.69, 9.17) is 0 Å². The Morgan fingerprint density at radius 1 is 1.14 bits per heavy atom. The quantitative estimate of drug-likeness (QED) is 0.321. The molecule has 0 amide bonds. The highest BCUT2D eigenvalue weighted by atomic mass is 32.2. The minimum Gasteiger partial charge on any atom is -0.503 e. The van der Waals surface area contributed by atoms with Crippen molar-refractivity contribution in [2.75, 3.05) is 31.3 Å². The molecule has 3 heterocycles. The number of nitrogens with zero attached hydrogens (tertiary/aromatic N) is 6. The third-order valence-corrected chi connectivity index (χ3v) is 8.93. The third kappa shape index (κ3) is 5.26. The summed E-state index contributed by atoms with van der Waals surface area (Å²) in [5.74, 6) is -5.32. The molecule has 9 nitrogen and oxygen atoms in total. The van der Waals surface area contributed by atoms with Crippen LogP contribution in [0.1, 0.15) is 24.0 Å². The van der Waals surface area contributed by atoms with Gasteiger partial charge in [0.15, 0.2) is 23.0 Å². The summed E-state index contributed by atoms with van der Waals surface area (Å²) in [5.41, 5.74) is -2.59. The number of rotatable bonds is 6. The van der Waals surface area contributed by atoms with Gasteiger partial charge in [-0.1, -0.05) is 30.3 Å². The molecular weight excluding hydrogens is 583 g/mol. The number of piperidine rings is 1. The molecule has 2 aromatic heterocycles. The van der Waals surface area contributed by atoms with Crippen LogP contribution in [0.3, 0.4) is 0 Å². The Hall–Kier alpha value is -3.85. The number of halogens is 5. The number of sulfonamides is 1. The number of likely N-dealkylation sites (N-methyl/N-ethyl adjacent to an activating group) is 1. The minimum atomic E-state index is -5.20. The number of alkyl halides is 3. The van der Waals surface area contributed by atoms with E-state index in [1.54, 1.807) is 11.9 Å². The predicted molar refractivity (Wildman–Crippen MR) is 145 cm³/mol. The molecule has 0 radical (unpaired) electrons. The summed E-state index contributed by atoms with van der Waals surface area (Å²) < 4.78 is 96.9. The summed E-state index contributed by atoms with van der Waals surface area (Å²) in [6, 6.07) is 9.78. The predicted octanol–water partition coefficient (Wildman–Crippen LogP) is 4.51. The van der Waals surface area contributed by atoms with Gasteiger partial charge in [-0.3, -0.25) is 0 Å². The van der Waals surface area contributed by atoms with Crippen molar-refractivity contribution in [3.8, 4) is 17.0 Å². The van der Waals surface area contributed by atoms with Crippen LogP contribution in [0.4, 0.5) is 27.9 Å². The zero-order valence-electron chi connectivity index (χ0n) is 22.8. The fourth-order valence-electron chi connectivity index (χ4n) is 5.47. The average Bonchev–Trinajstić information content (AvgIpc) is 3.26. The summed E-state index contributed by atoms with van der Waals surface area (Å²) in [7, 11) is -0.328. The maximum atomic E-state index is 14.9. The maximum absolute atomic E-state index is 14.9. The molecular formula is C27H27F5N6O3S. The lowest BCUT2D eigenvalue weighted by atomic mass is 9.82. The van der Waals surface area contributed by atoms with Gasteiger partial charge in [0.05, 0.1) is 22.7 Å². The van der Waals surface area contributed by atoms with Crippen LogP contribution in [0.25, 0.3) is 22.3 Å². The van der Waals surface area contributed by atoms with E-state index in [9.17, 15) is 35.5 Å². The van der Waals surface area contributed by atoms with Gasteiger partial charge in [0, 0.05) is 38.9 Å². The van der Waals surface area contributed by atoms with Crippen molar-refractivity contribution in [1.82, 2.24) is 24.1 Å². The number of hydrogen-bond acceptors (Lipinski definition) is 7. The largest absolute Gasteiger partial charge is 0.503 e. The number of anilines is 1. The van der Waals surface area contributed by atoms with Crippen LogP contribution in [0.2, 0.25) is 0 Å². The van der Waals surface area contributed by atoms with Crippen molar-refractivity contribution in [1.29, 1.82) is 0 Å². The fraction of sp³-hybridized carbons (Fsp3) is 0.370. The van der Waals surface area contributed by atoms with E-state index in [1.807, 2.05) is 30.3 Å². The second-order valence-corrected chi connectivity index (χ2v) is 12.5. The van der Waals surface area contributed by atoms with E-state index in [1.165, 1.54) is 22.2 Å². The number of aryl methyl sites for hydroxylation is 1. The lowest BCUT2D eigenvalue weighted by Crippen LogP contribution is -2.60. The molecule has 0 bridgehead atoms. The van der Waals surface area contributed by atoms with Crippen LogP contribution in [-0.2, 0) is 29.7 Å². The molecule has 0 saturated carbocycles. The highest BCUT2D eigenvalue weighted by molar-refractivity contribution is 7.88. The van der Waals surface area contributed by atoms with Gasteiger partial charge >= 0.3 is 6.18 Å². The summed E-state index contributed by atoms with van der Waals surface area (Å²) in [6.45, 7) is 0.528. The standard InChI is InChI=1S/C27H27F5N6O3S/c1-36(26(13-16-8-5-4-6-9-16)10-7-11-38(15-26)42(3,40)41)25-33-14-18-22(35-37(2)24(18)34-25)17-12-19(27(30,31)32)21(29)23(39)20(17)28/h4-6,8-9,12,14,39H,7,10-11,13,15H2,1-3H3. The zero-order chi connectivity index (χ0) is 30.6. The molecule has 224 valence electrons. The summed E-state index contributed by atoms with van der Waals surface area (Å²) in [5, 5.41) is 14.0. The second kappa shape index (κ2) is 10.5. The minimum absolute atomic E-state index is 0.0613. The van der Waals surface area contributed by atoms with Crippen LogP contribution >= 0.6 is 0 Å². The van der Waals surface area contributed by atoms with Crippen LogP contribution in [0.15, 0.2) is 42.6 Å². The lowest BCUT2D eigenvalue weighted by Gasteiger charge is -2.47. The molecule has 5 rings (SSSR count). The van der Waals surface area contributed by atoms with Gasteiger partial charge in [-0.2, -0.15) is 27.6 Å². The van der Waals surface area contributed by atoms with Gasteiger partial charge in [-0.05, 0) is 30.9 Å². The molecule has 42 heavy (non-hydrogen) atoms. The third-order valence-electron chi connectivity index (χ3n) is 7.68. The highest BCUT2D eigenvalue weighted by Gasteiger charge is 2.43. The first-order valence-corrected chi connectivity index (χ1v) is 14.7. The molecule has 1 unspecified atom stereocenters. The topological polar surface area (TPSA) is 104 Å². The monoisotopic (exact) mass is 610 g/mol. The number of phenols is 1. The number of aromatic hydroxyl groups is 1. The van der Waals surface area contributed by atoms with Crippen LogP contribution in [0, 0.1) is 11.6 Å². The van der Waals surface area contributed by atoms with E-state index in [-0.39, 0.29) is 35.3 Å². The van der Waals surface area contributed by atoms with Crippen molar-refractivity contribution in [2.24, 2.45) is 7.05 Å². The fourth-order valence-corrected chi connectivity index (χ4v) is 6.40. The highest BCUT2D eigenvalue weighted by Crippen LogP contribution is 2.42. The molecule has 15 heteroatoms. The van der Waals surface area contributed by atoms with Crippen molar-refractivity contribution < 1.29 is 35.5 Å². The van der Waals surface area contributed by atoms with Crippen molar-refractivity contribution in [3.63, 3.8) is 0 Å². The summed E-state index contributed by atoms with van der Waals surface area (Å²) in [4.78, 5) is 10.8. The average molecular weight is 611 g/mol. The number of phenolic OH excluding ortho intramolecular Hbond substituents is 1. The van der Waals surface area contributed by atoms with Gasteiger partial charge in [0.2, 0.25) is 16.0 Å². The molecule has 2 aromatic carbocycles. The Bertz CT molecular complexity index is 1760. The van der Waals surface area contributed by atoms with Crippen molar-refractivity contribution in [2.45, 2.75) is 31.0 Å². The van der Waals surface area contributed by atoms with E-state index < -0.39 is 50.2 Å². The van der Waals surface area contributed by atoms with E-state index >= 15 is 0 Å². The van der Waals surface area contributed by atoms with Crippen molar-refractivity contribution in [3.05, 3.63) is 65.4 Å². The van der Waals surface area contributed by atoms with Gasteiger partial charge < -0.3 is 10.0 Å². The molecule has 0 spiro atoms. The van der Waals surface area contributed by atoms with E-state index in [0.717, 1.165) is 11.8 Å². The molecule has 1 N–H and O–H groups in total. The molecule has 4 aromatic rings. The van der Waals surface area contributed by atoms with E-state index in [2.05, 4.69) is 15.1 Å². The molecule has 1 fully saturated rings. The number of benzene rings is 2. The summed E-state index contributed by atoms with van der Waals surface area (Å²) >= 11 is 0. The first kappa shape index (κ1) is 29.6. The van der Waals surface area contributed by atoms with Gasteiger partial charge in [0.1, 0.15) is 5.69 Å². The number of aromatic nitrogens is 4. The Morgan fingerprint density at radius 2 is 1.83 bits per heavy atom.